The van der Waals surface area contributed by atoms with Crippen LogP contribution in [0, 0.1) is 5.82 Å². The number of fused-ring (bicyclic) bond motifs is 1. The average molecular weight is 385 g/mol. The Balaban J connectivity index is 1.52. The number of halogens is 1. The molecule has 0 saturated heterocycles. The van der Waals surface area contributed by atoms with Gasteiger partial charge in [0.15, 0.2) is 6.61 Å². The second-order valence-corrected chi connectivity index (χ2v) is 7.56. The molecule has 1 aromatic carbocycles. The molecule has 1 aliphatic carbocycles. The van der Waals surface area contributed by atoms with Crippen LogP contribution in [0.2, 0.25) is 0 Å². The first-order chi connectivity index (χ1) is 13.2. The first kappa shape index (κ1) is 17.9. The Hall–Kier alpha value is -2.54. The zero-order valence-corrected chi connectivity index (χ0v) is 15.6. The van der Waals surface area contributed by atoms with Gasteiger partial charge < -0.3 is 10.1 Å². The van der Waals surface area contributed by atoms with Crippen LogP contribution >= 0.6 is 11.3 Å². The topological polar surface area (TPSA) is 64.1 Å². The van der Waals surface area contributed by atoms with Crippen molar-refractivity contribution in [2.24, 2.45) is 0 Å². The highest BCUT2D eigenvalue weighted by atomic mass is 32.1. The van der Waals surface area contributed by atoms with Crippen LogP contribution in [0.4, 0.5) is 4.39 Å². The highest BCUT2D eigenvalue weighted by Crippen LogP contribution is 2.37. The van der Waals surface area contributed by atoms with Crippen LogP contribution in [0.3, 0.4) is 0 Å². The maximum Gasteiger partial charge on any atom is 0.258 e. The lowest BCUT2D eigenvalue weighted by molar-refractivity contribution is -0.124. The molecule has 0 spiro atoms. The Morgan fingerprint density at radius 3 is 2.74 bits per heavy atom. The molecule has 1 N–H and O–H groups in total. The summed E-state index contributed by atoms with van der Waals surface area (Å²) in [5, 5.41) is 5.73. The molecule has 0 aliphatic heterocycles. The van der Waals surface area contributed by atoms with E-state index in [2.05, 4.69) is 15.3 Å². The number of benzene rings is 1. The number of carbonyl (C=O) groups excluding carboxylic acids is 1. The maximum absolute atomic E-state index is 13.2. The van der Waals surface area contributed by atoms with E-state index in [0.29, 0.717) is 5.88 Å². The van der Waals surface area contributed by atoms with E-state index < -0.39 is 0 Å². The summed E-state index contributed by atoms with van der Waals surface area (Å²) in [6.45, 7) is -0.0820. The van der Waals surface area contributed by atoms with Gasteiger partial charge in [0.2, 0.25) is 5.88 Å². The molecule has 0 atom stereocenters. The molecule has 0 radical (unpaired) electrons. The van der Waals surface area contributed by atoms with E-state index in [1.807, 2.05) is 5.38 Å². The fraction of sp³-hybridized carbons (Fsp3) is 0.350. The van der Waals surface area contributed by atoms with Gasteiger partial charge in [-0.05, 0) is 30.5 Å². The highest BCUT2D eigenvalue weighted by molar-refractivity contribution is 7.17. The van der Waals surface area contributed by atoms with Gasteiger partial charge in [0.1, 0.15) is 17.0 Å². The summed E-state index contributed by atoms with van der Waals surface area (Å²) in [6, 6.07) is 6.50. The predicted octanol–water partition coefficient (Wildman–Crippen LogP) is 4.33. The van der Waals surface area contributed by atoms with Gasteiger partial charge in [-0.2, -0.15) is 0 Å². The second kappa shape index (κ2) is 8.00. The molecule has 1 saturated carbocycles. The van der Waals surface area contributed by atoms with E-state index in [1.165, 1.54) is 36.2 Å². The summed E-state index contributed by atoms with van der Waals surface area (Å²) in [6.07, 6.45) is 7.06. The molecule has 4 rings (SSSR count). The van der Waals surface area contributed by atoms with Gasteiger partial charge in [0.25, 0.3) is 5.91 Å². The number of nitrogens with one attached hydrogen (secondary N) is 1. The minimum atomic E-state index is -0.287. The Morgan fingerprint density at radius 2 is 1.96 bits per heavy atom. The predicted molar refractivity (Wildman–Crippen MR) is 103 cm³/mol. The third-order valence-electron chi connectivity index (χ3n) is 4.80. The van der Waals surface area contributed by atoms with E-state index in [4.69, 9.17) is 4.74 Å². The van der Waals surface area contributed by atoms with Gasteiger partial charge in [-0.1, -0.05) is 31.4 Å². The fourth-order valence-electron chi connectivity index (χ4n) is 3.45. The molecule has 7 heteroatoms. The van der Waals surface area contributed by atoms with Crippen molar-refractivity contribution in [2.45, 2.75) is 38.1 Å². The van der Waals surface area contributed by atoms with Gasteiger partial charge in [0.05, 0.1) is 5.39 Å². The van der Waals surface area contributed by atoms with E-state index in [9.17, 15) is 9.18 Å². The zero-order valence-electron chi connectivity index (χ0n) is 14.8. The third-order valence-corrected chi connectivity index (χ3v) is 5.69. The molecular formula is C20H20FN3O2S. The summed E-state index contributed by atoms with van der Waals surface area (Å²) >= 11 is 1.46. The molecule has 2 aromatic heterocycles. The smallest absolute Gasteiger partial charge is 0.258 e. The summed E-state index contributed by atoms with van der Waals surface area (Å²) in [4.78, 5) is 21.5. The number of amides is 1. The summed E-state index contributed by atoms with van der Waals surface area (Å²) < 4.78 is 19.0. The van der Waals surface area contributed by atoms with Gasteiger partial charge >= 0.3 is 0 Å². The Labute approximate surface area is 160 Å². The number of ether oxygens (including phenoxy) is 1. The van der Waals surface area contributed by atoms with Crippen molar-refractivity contribution in [3.63, 3.8) is 0 Å². The van der Waals surface area contributed by atoms with Gasteiger partial charge in [0, 0.05) is 17.0 Å². The quantitative estimate of drug-likeness (QED) is 0.710. The Morgan fingerprint density at radius 1 is 1.19 bits per heavy atom. The fourth-order valence-corrected chi connectivity index (χ4v) is 4.36. The van der Waals surface area contributed by atoms with Gasteiger partial charge in [-0.3, -0.25) is 4.79 Å². The number of nitrogens with zero attached hydrogens (tertiary/aromatic N) is 2. The highest BCUT2D eigenvalue weighted by Gasteiger charge is 2.18. The second-order valence-electron chi connectivity index (χ2n) is 6.71. The van der Waals surface area contributed by atoms with Crippen molar-refractivity contribution >= 4 is 27.5 Å². The van der Waals surface area contributed by atoms with E-state index in [0.717, 1.165) is 47.0 Å². The number of thiophene rings is 1. The lowest BCUT2D eigenvalue weighted by Gasteiger charge is -2.22. The molecule has 140 valence electrons. The van der Waals surface area contributed by atoms with Crippen LogP contribution in [0.5, 0.6) is 5.88 Å². The minimum absolute atomic E-state index is 0.0820. The Kier molecular flexibility index (Phi) is 5.29. The van der Waals surface area contributed by atoms with Crippen molar-refractivity contribution in [3.8, 4) is 17.0 Å². The largest absolute Gasteiger partial charge is 0.467 e. The van der Waals surface area contributed by atoms with Crippen molar-refractivity contribution < 1.29 is 13.9 Å². The number of carbonyl (C=O) groups is 1. The van der Waals surface area contributed by atoms with Crippen LogP contribution < -0.4 is 10.1 Å². The van der Waals surface area contributed by atoms with Crippen molar-refractivity contribution in [2.75, 3.05) is 6.61 Å². The Bertz CT molecular complexity index is 936. The van der Waals surface area contributed by atoms with Crippen LogP contribution in [-0.2, 0) is 4.79 Å². The molecule has 27 heavy (non-hydrogen) atoms. The van der Waals surface area contributed by atoms with Gasteiger partial charge in [-0.25, -0.2) is 14.4 Å². The van der Waals surface area contributed by atoms with Crippen molar-refractivity contribution in [1.82, 2.24) is 15.3 Å². The normalized spacial score (nSPS) is 15.0. The van der Waals surface area contributed by atoms with Gasteiger partial charge in [-0.15, -0.1) is 11.3 Å². The number of hydrogen-bond donors (Lipinski definition) is 1. The summed E-state index contributed by atoms with van der Waals surface area (Å²) in [5.74, 6) is -0.0445. The lowest BCUT2D eigenvalue weighted by Crippen LogP contribution is -2.39. The van der Waals surface area contributed by atoms with Crippen molar-refractivity contribution in [1.29, 1.82) is 0 Å². The van der Waals surface area contributed by atoms with Crippen LogP contribution in [-0.4, -0.2) is 28.5 Å². The number of aromatic nitrogens is 2. The molecule has 2 heterocycles. The minimum Gasteiger partial charge on any atom is -0.467 e. The molecule has 1 fully saturated rings. The van der Waals surface area contributed by atoms with Crippen LogP contribution in [0.1, 0.15) is 32.1 Å². The molecule has 0 unspecified atom stereocenters. The zero-order chi connectivity index (χ0) is 18.6. The average Bonchev–Trinajstić information content (AvgIpc) is 3.12. The van der Waals surface area contributed by atoms with Crippen LogP contribution in [0.15, 0.2) is 36.0 Å². The molecule has 3 aromatic rings. The summed E-state index contributed by atoms with van der Waals surface area (Å²) in [7, 11) is 0. The van der Waals surface area contributed by atoms with Crippen LogP contribution in [0.25, 0.3) is 21.3 Å². The SMILES string of the molecule is O=C(COc1ncnc2scc(-c3ccc(F)cc3)c12)NC1CCCCC1. The molecule has 5 nitrogen and oxygen atoms in total. The molecule has 0 bridgehead atoms. The first-order valence-corrected chi connectivity index (χ1v) is 9.99. The number of hydrogen-bond acceptors (Lipinski definition) is 5. The third kappa shape index (κ3) is 4.08. The maximum atomic E-state index is 13.2. The van der Waals surface area contributed by atoms with Crippen molar-refractivity contribution in [3.05, 3.63) is 41.8 Å². The first-order valence-electron chi connectivity index (χ1n) is 9.11. The monoisotopic (exact) mass is 385 g/mol. The van der Waals surface area contributed by atoms with E-state index in [1.54, 1.807) is 12.1 Å². The molecule has 1 amide bonds. The lowest BCUT2D eigenvalue weighted by atomic mass is 9.95. The molecular weight excluding hydrogens is 365 g/mol. The number of rotatable bonds is 5. The van der Waals surface area contributed by atoms with E-state index in [-0.39, 0.29) is 24.4 Å². The standard InChI is InChI=1S/C20H20FN3O2S/c21-14-8-6-13(7-9-14)16-11-27-20-18(16)19(22-12-23-20)26-10-17(25)24-15-4-2-1-3-5-15/h6-9,11-12,15H,1-5,10H2,(H,24,25). The molecule has 1 aliphatic rings. The van der Waals surface area contributed by atoms with E-state index >= 15 is 0 Å². The summed E-state index contributed by atoms with van der Waals surface area (Å²) in [5.41, 5.74) is 1.73.